The number of ether oxygens (including phenoxy) is 2. The van der Waals surface area contributed by atoms with E-state index in [1.54, 1.807) is 25.1 Å². The van der Waals surface area contributed by atoms with Crippen molar-refractivity contribution in [3.63, 3.8) is 0 Å². The number of halogens is 1. The Bertz CT molecular complexity index is 698. The van der Waals surface area contributed by atoms with Crippen molar-refractivity contribution >= 4 is 5.97 Å². The SMILES string of the molecule is CCOc1cc(-c2ccccc2)c(F)c(OCC)c1CCC(=O)O. The molecule has 0 aliphatic heterocycles. The van der Waals surface area contributed by atoms with Crippen LogP contribution in [0, 0.1) is 5.82 Å². The largest absolute Gasteiger partial charge is 0.493 e. The van der Waals surface area contributed by atoms with E-state index >= 15 is 4.39 Å². The van der Waals surface area contributed by atoms with Gasteiger partial charge in [0.15, 0.2) is 11.6 Å². The molecule has 0 aliphatic carbocycles. The minimum absolute atomic E-state index is 0.0727. The van der Waals surface area contributed by atoms with E-state index in [-0.39, 0.29) is 25.2 Å². The molecular formula is C19H21FO4. The Morgan fingerprint density at radius 1 is 1.12 bits per heavy atom. The molecule has 2 rings (SSSR count). The molecular weight excluding hydrogens is 311 g/mol. The van der Waals surface area contributed by atoms with Crippen molar-refractivity contribution in [1.82, 2.24) is 0 Å². The predicted molar refractivity (Wildman–Crippen MR) is 90.1 cm³/mol. The van der Waals surface area contributed by atoms with Crippen LogP contribution < -0.4 is 9.47 Å². The molecule has 0 unspecified atom stereocenters. The molecule has 0 saturated carbocycles. The Labute approximate surface area is 140 Å². The van der Waals surface area contributed by atoms with E-state index in [0.717, 1.165) is 0 Å². The lowest BCUT2D eigenvalue weighted by molar-refractivity contribution is -0.136. The molecule has 0 saturated heterocycles. The molecule has 2 aromatic rings. The van der Waals surface area contributed by atoms with E-state index in [1.165, 1.54) is 0 Å². The van der Waals surface area contributed by atoms with Gasteiger partial charge in [0, 0.05) is 17.5 Å². The van der Waals surface area contributed by atoms with E-state index in [0.29, 0.717) is 29.0 Å². The molecule has 0 spiro atoms. The zero-order chi connectivity index (χ0) is 17.5. The zero-order valence-electron chi connectivity index (χ0n) is 13.8. The lowest BCUT2D eigenvalue weighted by atomic mass is 9.98. The van der Waals surface area contributed by atoms with Crippen LogP contribution in [0.2, 0.25) is 0 Å². The summed E-state index contributed by atoms with van der Waals surface area (Å²) in [5.41, 5.74) is 1.54. The van der Waals surface area contributed by atoms with Crippen LogP contribution in [0.5, 0.6) is 11.5 Å². The van der Waals surface area contributed by atoms with Crippen LogP contribution in [0.4, 0.5) is 4.39 Å². The monoisotopic (exact) mass is 332 g/mol. The Hall–Kier alpha value is -2.56. The number of aliphatic carboxylic acids is 1. The summed E-state index contributed by atoms with van der Waals surface area (Å²) < 4.78 is 26.2. The van der Waals surface area contributed by atoms with Gasteiger partial charge in [-0.3, -0.25) is 4.79 Å². The molecule has 0 radical (unpaired) electrons. The summed E-state index contributed by atoms with van der Waals surface area (Å²) in [7, 11) is 0. The van der Waals surface area contributed by atoms with Gasteiger partial charge in [-0.15, -0.1) is 0 Å². The molecule has 0 amide bonds. The maximum atomic E-state index is 15.0. The summed E-state index contributed by atoms with van der Waals surface area (Å²) in [6.45, 7) is 4.26. The minimum atomic E-state index is -0.951. The molecule has 1 N–H and O–H groups in total. The van der Waals surface area contributed by atoms with E-state index in [2.05, 4.69) is 0 Å². The highest BCUT2D eigenvalue weighted by Gasteiger charge is 2.22. The molecule has 4 nitrogen and oxygen atoms in total. The molecule has 0 aromatic heterocycles. The Kier molecular flexibility index (Phi) is 6.18. The van der Waals surface area contributed by atoms with Crippen LogP contribution in [0.15, 0.2) is 36.4 Å². The molecule has 0 bridgehead atoms. The molecule has 0 atom stereocenters. The van der Waals surface area contributed by atoms with Gasteiger partial charge in [-0.1, -0.05) is 30.3 Å². The fourth-order valence-corrected chi connectivity index (χ4v) is 2.52. The smallest absolute Gasteiger partial charge is 0.303 e. The predicted octanol–water partition coefficient (Wildman–Crippen LogP) is 4.31. The average Bonchev–Trinajstić information content (AvgIpc) is 2.57. The highest BCUT2D eigenvalue weighted by atomic mass is 19.1. The van der Waals surface area contributed by atoms with Crippen LogP contribution in [0.1, 0.15) is 25.8 Å². The highest BCUT2D eigenvalue weighted by molar-refractivity contribution is 5.72. The fourth-order valence-electron chi connectivity index (χ4n) is 2.52. The lowest BCUT2D eigenvalue weighted by Crippen LogP contribution is -2.07. The zero-order valence-corrected chi connectivity index (χ0v) is 13.8. The van der Waals surface area contributed by atoms with Crippen molar-refractivity contribution in [3.05, 3.63) is 47.8 Å². The lowest BCUT2D eigenvalue weighted by Gasteiger charge is -2.18. The molecule has 0 aliphatic rings. The number of rotatable bonds is 8. The number of carboxylic acids is 1. The molecule has 0 fully saturated rings. The summed E-state index contributed by atoms with van der Waals surface area (Å²) in [6, 6.07) is 10.7. The summed E-state index contributed by atoms with van der Waals surface area (Å²) in [4.78, 5) is 10.9. The van der Waals surface area contributed by atoms with Crippen molar-refractivity contribution in [2.24, 2.45) is 0 Å². The fraction of sp³-hybridized carbons (Fsp3) is 0.316. The second-order valence-electron chi connectivity index (χ2n) is 5.17. The van der Waals surface area contributed by atoms with E-state index in [9.17, 15) is 4.79 Å². The number of benzene rings is 2. The van der Waals surface area contributed by atoms with E-state index in [1.807, 2.05) is 25.1 Å². The third-order valence-electron chi connectivity index (χ3n) is 3.54. The second-order valence-corrected chi connectivity index (χ2v) is 5.17. The Balaban J connectivity index is 2.60. The van der Waals surface area contributed by atoms with E-state index < -0.39 is 11.8 Å². The molecule has 128 valence electrons. The van der Waals surface area contributed by atoms with Crippen LogP contribution in [0.3, 0.4) is 0 Å². The molecule has 0 heterocycles. The van der Waals surface area contributed by atoms with Crippen molar-refractivity contribution in [1.29, 1.82) is 0 Å². The van der Waals surface area contributed by atoms with Crippen molar-refractivity contribution in [2.75, 3.05) is 13.2 Å². The Morgan fingerprint density at radius 2 is 1.79 bits per heavy atom. The summed E-state index contributed by atoms with van der Waals surface area (Å²) in [5.74, 6) is -0.912. The second kappa shape index (κ2) is 8.34. The topological polar surface area (TPSA) is 55.8 Å². The number of hydrogen-bond donors (Lipinski definition) is 1. The van der Waals surface area contributed by atoms with Gasteiger partial charge in [-0.25, -0.2) is 4.39 Å². The van der Waals surface area contributed by atoms with Gasteiger partial charge >= 0.3 is 5.97 Å². The van der Waals surface area contributed by atoms with Crippen molar-refractivity contribution in [3.8, 4) is 22.6 Å². The average molecular weight is 332 g/mol. The standard InChI is InChI=1S/C19H21FO4/c1-3-23-16-12-15(13-8-6-5-7-9-13)18(20)19(24-4-2)14(16)10-11-17(21)22/h5-9,12H,3-4,10-11H2,1-2H3,(H,21,22). The molecule has 5 heteroatoms. The maximum absolute atomic E-state index is 15.0. The Morgan fingerprint density at radius 3 is 2.38 bits per heavy atom. The van der Waals surface area contributed by atoms with Gasteiger partial charge in [0.25, 0.3) is 0 Å². The van der Waals surface area contributed by atoms with Gasteiger partial charge < -0.3 is 14.6 Å². The van der Waals surface area contributed by atoms with Crippen LogP contribution in [-0.2, 0) is 11.2 Å². The van der Waals surface area contributed by atoms with Gasteiger partial charge in [0.05, 0.1) is 13.2 Å². The number of hydrogen-bond acceptors (Lipinski definition) is 3. The number of carbonyl (C=O) groups is 1. The summed E-state index contributed by atoms with van der Waals surface area (Å²) >= 11 is 0. The summed E-state index contributed by atoms with van der Waals surface area (Å²) in [6.07, 6.45) is 0.0241. The minimum Gasteiger partial charge on any atom is -0.493 e. The van der Waals surface area contributed by atoms with Gasteiger partial charge in [-0.05, 0) is 31.9 Å². The van der Waals surface area contributed by atoms with Crippen LogP contribution >= 0.6 is 0 Å². The highest BCUT2D eigenvalue weighted by Crippen LogP contribution is 2.39. The van der Waals surface area contributed by atoms with Gasteiger partial charge in [0.2, 0.25) is 0 Å². The van der Waals surface area contributed by atoms with Crippen molar-refractivity contribution in [2.45, 2.75) is 26.7 Å². The molecule has 2 aromatic carbocycles. The van der Waals surface area contributed by atoms with Gasteiger partial charge in [-0.2, -0.15) is 0 Å². The van der Waals surface area contributed by atoms with E-state index in [4.69, 9.17) is 14.6 Å². The third-order valence-corrected chi connectivity index (χ3v) is 3.54. The first-order valence-electron chi connectivity index (χ1n) is 7.96. The van der Waals surface area contributed by atoms with Crippen molar-refractivity contribution < 1.29 is 23.8 Å². The first-order chi connectivity index (χ1) is 11.6. The van der Waals surface area contributed by atoms with Crippen LogP contribution in [0.25, 0.3) is 11.1 Å². The van der Waals surface area contributed by atoms with Gasteiger partial charge in [0.1, 0.15) is 5.75 Å². The first-order valence-corrected chi connectivity index (χ1v) is 7.96. The van der Waals surface area contributed by atoms with Crippen LogP contribution in [-0.4, -0.2) is 24.3 Å². The molecule has 24 heavy (non-hydrogen) atoms. The first kappa shape index (κ1) is 17.8. The quantitative estimate of drug-likeness (QED) is 0.783. The normalized spacial score (nSPS) is 10.5. The number of carboxylic acid groups (broad SMARTS) is 1. The summed E-state index contributed by atoms with van der Waals surface area (Å²) in [5, 5.41) is 8.94. The maximum Gasteiger partial charge on any atom is 0.303 e. The third kappa shape index (κ3) is 4.04.